The van der Waals surface area contributed by atoms with E-state index in [9.17, 15) is 32.7 Å². The molecule has 0 aliphatic heterocycles. The molecule has 32 heavy (non-hydrogen) atoms. The first-order chi connectivity index (χ1) is 15.0. The zero-order valence-electron chi connectivity index (χ0n) is 16.0. The minimum absolute atomic E-state index is 0.0102. The first-order valence-corrected chi connectivity index (χ1v) is 8.90. The Morgan fingerprint density at radius 1 is 1.06 bits per heavy atom. The lowest BCUT2D eigenvalue weighted by atomic mass is 10.1. The number of carboxylic acids is 1. The lowest BCUT2D eigenvalue weighted by molar-refractivity contribution is -0.274. The summed E-state index contributed by atoms with van der Waals surface area (Å²) in [6, 6.07) is 9.26. The summed E-state index contributed by atoms with van der Waals surface area (Å²) in [7, 11) is 0. The van der Waals surface area contributed by atoms with E-state index in [0.29, 0.717) is 5.56 Å². The van der Waals surface area contributed by atoms with Crippen molar-refractivity contribution in [1.29, 1.82) is 0 Å². The monoisotopic (exact) mass is 452 g/mol. The van der Waals surface area contributed by atoms with Crippen LogP contribution >= 0.6 is 0 Å². The molecule has 0 aliphatic carbocycles. The fraction of sp³-hybridized carbons (Fsp3) is 0.150. The molecule has 3 rings (SSSR count). The Morgan fingerprint density at radius 3 is 2.34 bits per heavy atom. The van der Waals surface area contributed by atoms with Crippen LogP contribution in [0.2, 0.25) is 0 Å². The first-order valence-electron chi connectivity index (χ1n) is 8.90. The van der Waals surface area contributed by atoms with Crippen LogP contribution in [0.4, 0.5) is 13.2 Å². The maximum Gasteiger partial charge on any atom is 0.573 e. The molecule has 0 unspecified atom stereocenters. The van der Waals surface area contributed by atoms with Crippen molar-refractivity contribution in [2.75, 3.05) is 6.54 Å². The molecule has 1 aromatic heterocycles. The molecule has 0 saturated heterocycles. The molecular formula is C20H15F3N2O7. The third kappa shape index (κ3) is 5.47. The Balaban J connectivity index is 1.76. The Kier molecular flexibility index (Phi) is 6.23. The summed E-state index contributed by atoms with van der Waals surface area (Å²) in [6.45, 7) is -0.741. The molecule has 0 bridgehead atoms. The average Bonchev–Trinajstić information content (AvgIpc) is 2.70. The van der Waals surface area contributed by atoms with Crippen LogP contribution < -0.4 is 20.3 Å². The summed E-state index contributed by atoms with van der Waals surface area (Å²) in [5, 5.41) is 21.0. The number of amides is 1. The van der Waals surface area contributed by atoms with Crippen molar-refractivity contribution in [2.24, 2.45) is 0 Å². The lowest BCUT2D eigenvalue weighted by Crippen LogP contribution is -2.33. The van der Waals surface area contributed by atoms with E-state index >= 15 is 0 Å². The fourth-order valence-corrected chi connectivity index (χ4v) is 2.76. The molecule has 2 aromatic carbocycles. The maximum atomic E-state index is 12.2. The summed E-state index contributed by atoms with van der Waals surface area (Å²) in [5.41, 5.74) is -0.876. The highest BCUT2D eigenvalue weighted by Crippen LogP contribution is 2.28. The van der Waals surface area contributed by atoms with Gasteiger partial charge in [0.15, 0.2) is 0 Å². The minimum Gasteiger partial charge on any atom is -0.506 e. The number of carbonyl (C=O) groups is 2. The van der Waals surface area contributed by atoms with Gasteiger partial charge in [-0.25, -0.2) is 0 Å². The van der Waals surface area contributed by atoms with Crippen molar-refractivity contribution >= 4 is 22.8 Å². The molecule has 168 valence electrons. The Bertz CT molecular complexity index is 1220. The number of carbonyl (C=O) groups excluding carboxylic acids is 1. The van der Waals surface area contributed by atoms with Crippen molar-refractivity contribution in [3.63, 3.8) is 0 Å². The molecule has 0 radical (unpaired) electrons. The second-order valence-electron chi connectivity index (χ2n) is 6.44. The van der Waals surface area contributed by atoms with Gasteiger partial charge < -0.3 is 30.0 Å². The van der Waals surface area contributed by atoms with Crippen LogP contribution in [0.1, 0.15) is 15.9 Å². The number of hydrogen-bond acceptors (Lipinski definition) is 6. The number of pyridine rings is 1. The number of H-pyrrole nitrogens is 1. The van der Waals surface area contributed by atoms with Gasteiger partial charge >= 0.3 is 12.3 Å². The second kappa shape index (κ2) is 8.88. The van der Waals surface area contributed by atoms with Crippen LogP contribution in [0.25, 0.3) is 10.9 Å². The summed E-state index contributed by atoms with van der Waals surface area (Å²) in [6.07, 6.45) is -4.79. The molecular weight excluding hydrogens is 437 g/mol. The van der Waals surface area contributed by atoms with Gasteiger partial charge in [0, 0.05) is 11.5 Å². The highest BCUT2D eigenvalue weighted by Gasteiger charge is 2.31. The average molecular weight is 452 g/mol. The number of halogens is 3. The number of rotatable bonds is 7. The van der Waals surface area contributed by atoms with E-state index in [1.54, 1.807) is 0 Å². The van der Waals surface area contributed by atoms with E-state index in [-0.39, 0.29) is 29.0 Å². The molecule has 0 fully saturated rings. The molecule has 0 saturated carbocycles. The van der Waals surface area contributed by atoms with Gasteiger partial charge in [0.05, 0.1) is 5.52 Å². The summed E-state index contributed by atoms with van der Waals surface area (Å²) in [5.74, 6) is -3.10. The standard InChI is InChI=1S/C20H15F3N2O7/c21-20(22,23)32-11-3-1-10(2-4-11)9-31-12-5-6-13-14(7-12)25-19(30)16(17(13)28)18(29)24-8-15(26)27/h1-7H,8-9H2,(H,24,29)(H,26,27)(H2,25,28,30). The van der Waals surface area contributed by atoms with E-state index in [0.717, 1.165) is 12.1 Å². The smallest absolute Gasteiger partial charge is 0.506 e. The van der Waals surface area contributed by atoms with Gasteiger partial charge in [-0.1, -0.05) is 12.1 Å². The maximum absolute atomic E-state index is 12.2. The summed E-state index contributed by atoms with van der Waals surface area (Å²) < 4.78 is 45.9. The van der Waals surface area contributed by atoms with Crippen LogP contribution in [-0.4, -0.2) is 40.0 Å². The van der Waals surface area contributed by atoms with Gasteiger partial charge in [-0.15, -0.1) is 13.2 Å². The predicted molar refractivity (Wildman–Crippen MR) is 104 cm³/mol. The highest BCUT2D eigenvalue weighted by molar-refractivity contribution is 6.03. The topological polar surface area (TPSA) is 138 Å². The van der Waals surface area contributed by atoms with Gasteiger partial charge in [-0.3, -0.25) is 14.4 Å². The van der Waals surface area contributed by atoms with E-state index < -0.39 is 41.7 Å². The van der Waals surface area contributed by atoms with Crippen molar-refractivity contribution < 1.29 is 42.4 Å². The number of aliphatic carboxylic acids is 1. The number of carboxylic acid groups (broad SMARTS) is 1. The van der Waals surface area contributed by atoms with Gasteiger partial charge in [-0.05, 0) is 29.8 Å². The zero-order chi connectivity index (χ0) is 23.5. The number of nitrogens with one attached hydrogen (secondary N) is 2. The first kappa shape index (κ1) is 22.5. The van der Waals surface area contributed by atoms with Crippen LogP contribution in [0, 0.1) is 0 Å². The molecule has 0 spiro atoms. The van der Waals surface area contributed by atoms with Crippen molar-refractivity contribution in [1.82, 2.24) is 10.3 Å². The van der Waals surface area contributed by atoms with E-state index in [1.165, 1.54) is 30.3 Å². The zero-order valence-corrected chi connectivity index (χ0v) is 16.0. The van der Waals surface area contributed by atoms with Crippen molar-refractivity contribution in [3.05, 3.63) is 63.9 Å². The Morgan fingerprint density at radius 2 is 1.72 bits per heavy atom. The van der Waals surface area contributed by atoms with Crippen molar-refractivity contribution in [3.8, 4) is 17.2 Å². The van der Waals surface area contributed by atoms with Crippen LogP contribution in [-0.2, 0) is 11.4 Å². The number of aromatic nitrogens is 1. The Labute approximate surface area is 177 Å². The molecule has 9 nitrogen and oxygen atoms in total. The normalized spacial score (nSPS) is 11.2. The van der Waals surface area contributed by atoms with Crippen LogP contribution in [0.3, 0.4) is 0 Å². The molecule has 1 amide bonds. The highest BCUT2D eigenvalue weighted by atomic mass is 19.4. The molecule has 1 heterocycles. The number of fused-ring (bicyclic) bond motifs is 1. The van der Waals surface area contributed by atoms with Crippen LogP contribution in [0.5, 0.6) is 17.2 Å². The Hall–Kier alpha value is -4.22. The quantitative estimate of drug-likeness (QED) is 0.432. The van der Waals surface area contributed by atoms with Crippen LogP contribution in [0.15, 0.2) is 47.3 Å². The number of aromatic amines is 1. The fourth-order valence-electron chi connectivity index (χ4n) is 2.76. The summed E-state index contributed by atoms with van der Waals surface area (Å²) >= 11 is 0. The lowest BCUT2D eigenvalue weighted by Gasteiger charge is -2.11. The second-order valence-corrected chi connectivity index (χ2v) is 6.44. The number of hydrogen-bond donors (Lipinski definition) is 4. The molecule has 12 heteroatoms. The number of alkyl halides is 3. The third-order valence-corrected chi connectivity index (χ3v) is 4.15. The predicted octanol–water partition coefficient (Wildman–Crippen LogP) is 2.53. The summed E-state index contributed by atoms with van der Waals surface area (Å²) in [4.78, 5) is 37.2. The molecule has 4 N–H and O–H groups in total. The molecule has 3 aromatic rings. The van der Waals surface area contributed by atoms with E-state index in [2.05, 4.69) is 9.72 Å². The van der Waals surface area contributed by atoms with E-state index in [4.69, 9.17) is 9.84 Å². The van der Waals surface area contributed by atoms with Gasteiger partial charge in [-0.2, -0.15) is 0 Å². The number of benzene rings is 2. The van der Waals surface area contributed by atoms with Gasteiger partial charge in [0.25, 0.3) is 11.5 Å². The van der Waals surface area contributed by atoms with Crippen molar-refractivity contribution in [2.45, 2.75) is 13.0 Å². The third-order valence-electron chi connectivity index (χ3n) is 4.15. The van der Waals surface area contributed by atoms with Gasteiger partial charge in [0.2, 0.25) is 0 Å². The number of ether oxygens (including phenoxy) is 2. The SMILES string of the molecule is O=C(O)CNC(=O)c1c(O)c2ccc(OCc3ccc(OC(F)(F)F)cc3)cc2[nH]c1=O. The minimum atomic E-state index is -4.79. The molecule has 0 aliphatic rings. The largest absolute Gasteiger partial charge is 0.573 e. The van der Waals surface area contributed by atoms with E-state index in [1.807, 2.05) is 5.32 Å². The van der Waals surface area contributed by atoms with Gasteiger partial charge in [0.1, 0.15) is 36.0 Å². The number of aromatic hydroxyl groups is 1. The molecule has 0 atom stereocenters.